The van der Waals surface area contributed by atoms with Gasteiger partial charge in [0.05, 0.1) is 12.2 Å². The molecular weight excluding hydrogens is 308 g/mol. The summed E-state index contributed by atoms with van der Waals surface area (Å²) in [5.41, 5.74) is 1.36. The lowest BCUT2D eigenvalue weighted by atomic mass is 10.1. The fraction of sp³-hybridized carbons (Fsp3) is 0.211. The molecule has 0 amide bonds. The monoisotopic (exact) mass is 324 g/mol. The molecule has 5 nitrogen and oxygen atoms in total. The maximum atomic E-state index is 12.5. The van der Waals surface area contributed by atoms with E-state index in [0.717, 1.165) is 12.0 Å². The molecule has 0 saturated heterocycles. The van der Waals surface area contributed by atoms with Gasteiger partial charge in [-0.25, -0.2) is 0 Å². The molecule has 0 radical (unpaired) electrons. The standard InChI is InChI=1S/C19H16O5/c1-2-7-21-13-4-5-14-16(10-13)24-18(19(14)20)9-12-3-6-15-17(8-12)23-11-22-15/h3-6,8-10H,2,7,11H2,1H3/b18-9+. The van der Waals surface area contributed by atoms with Crippen LogP contribution in [0.4, 0.5) is 0 Å². The first-order chi connectivity index (χ1) is 11.7. The van der Waals surface area contributed by atoms with Gasteiger partial charge < -0.3 is 18.9 Å². The van der Waals surface area contributed by atoms with Crippen LogP contribution in [0.1, 0.15) is 29.3 Å². The van der Waals surface area contributed by atoms with Gasteiger partial charge in [0.1, 0.15) is 11.5 Å². The van der Waals surface area contributed by atoms with Gasteiger partial charge in [-0.1, -0.05) is 13.0 Å². The first-order valence-electron chi connectivity index (χ1n) is 7.85. The van der Waals surface area contributed by atoms with Crippen molar-refractivity contribution in [1.29, 1.82) is 0 Å². The topological polar surface area (TPSA) is 54.0 Å². The second-order valence-corrected chi connectivity index (χ2v) is 5.56. The molecule has 0 spiro atoms. The zero-order chi connectivity index (χ0) is 16.5. The van der Waals surface area contributed by atoms with Gasteiger partial charge >= 0.3 is 0 Å². The molecular formula is C19H16O5. The second kappa shape index (κ2) is 5.92. The van der Waals surface area contributed by atoms with Crippen LogP contribution < -0.4 is 18.9 Å². The van der Waals surface area contributed by atoms with Crippen LogP contribution in [-0.4, -0.2) is 19.2 Å². The summed E-state index contributed by atoms with van der Waals surface area (Å²) < 4.78 is 21.9. The normalized spacial score (nSPS) is 16.2. The van der Waals surface area contributed by atoms with Crippen LogP contribution in [0.5, 0.6) is 23.0 Å². The summed E-state index contributed by atoms with van der Waals surface area (Å²) in [6.45, 7) is 2.89. The Morgan fingerprint density at radius 2 is 1.96 bits per heavy atom. The van der Waals surface area contributed by atoms with E-state index >= 15 is 0 Å². The van der Waals surface area contributed by atoms with Crippen LogP contribution in [0.15, 0.2) is 42.2 Å². The van der Waals surface area contributed by atoms with Crippen molar-refractivity contribution in [3.8, 4) is 23.0 Å². The van der Waals surface area contributed by atoms with Gasteiger partial charge in [0.2, 0.25) is 12.6 Å². The number of Topliss-reactive ketones (excluding diaryl/α,β-unsaturated/α-hetero) is 1. The van der Waals surface area contributed by atoms with Crippen molar-refractivity contribution in [2.75, 3.05) is 13.4 Å². The Hall–Kier alpha value is -2.95. The summed E-state index contributed by atoms with van der Waals surface area (Å²) >= 11 is 0. The molecule has 2 aromatic rings. The Morgan fingerprint density at radius 3 is 2.83 bits per heavy atom. The van der Waals surface area contributed by atoms with Gasteiger partial charge in [-0.3, -0.25) is 4.79 Å². The van der Waals surface area contributed by atoms with Gasteiger partial charge in [-0.15, -0.1) is 0 Å². The van der Waals surface area contributed by atoms with Crippen molar-refractivity contribution in [1.82, 2.24) is 0 Å². The average molecular weight is 324 g/mol. The van der Waals surface area contributed by atoms with Crippen molar-refractivity contribution < 1.29 is 23.7 Å². The minimum Gasteiger partial charge on any atom is -0.493 e. The van der Waals surface area contributed by atoms with Gasteiger partial charge in [-0.05, 0) is 42.3 Å². The third kappa shape index (κ3) is 2.58. The molecule has 0 aliphatic carbocycles. The summed E-state index contributed by atoms with van der Waals surface area (Å²) in [5.74, 6) is 2.76. The van der Waals surface area contributed by atoms with Gasteiger partial charge in [0.15, 0.2) is 17.3 Å². The molecule has 122 valence electrons. The van der Waals surface area contributed by atoms with Gasteiger partial charge in [-0.2, -0.15) is 0 Å². The van der Waals surface area contributed by atoms with Gasteiger partial charge in [0.25, 0.3) is 0 Å². The molecule has 0 N–H and O–H groups in total. The fourth-order valence-corrected chi connectivity index (χ4v) is 2.63. The molecule has 0 bridgehead atoms. The lowest BCUT2D eigenvalue weighted by Crippen LogP contribution is -1.98. The number of rotatable bonds is 4. The zero-order valence-corrected chi connectivity index (χ0v) is 13.2. The molecule has 2 aliphatic rings. The number of fused-ring (bicyclic) bond motifs is 2. The molecule has 24 heavy (non-hydrogen) atoms. The van der Waals surface area contributed by atoms with E-state index in [4.69, 9.17) is 18.9 Å². The number of hydrogen-bond acceptors (Lipinski definition) is 5. The number of ketones is 1. The van der Waals surface area contributed by atoms with Crippen molar-refractivity contribution in [3.05, 3.63) is 53.3 Å². The van der Waals surface area contributed by atoms with E-state index in [1.54, 1.807) is 24.3 Å². The van der Waals surface area contributed by atoms with E-state index in [-0.39, 0.29) is 18.3 Å². The highest BCUT2D eigenvalue weighted by Gasteiger charge is 2.28. The lowest BCUT2D eigenvalue weighted by molar-refractivity contribution is 0.101. The van der Waals surface area contributed by atoms with Crippen LogP contribution in [0.3, 0.4) is 0 Å². The Bertz CT molecular complexity index is 838. The highest BCUT2D eigenvalue weighted by molar-refractivity contribution is 6.14. The van der Waals surface area contributed by atoms with E-state index < -0.39 is 0 Å². The maximum absolute atomic E-state index is 12.5. The van der Waals surface area contributed by atoms with Crippen LogP contribution in [0, 0.1) is 0 Å². The molecule has 2 aliphatic heterocycles. The Morgan fingerprint density at radius 1 is 1.08 bits per heavy atom. The maximum Gasteiger partial charge on any atom is 0.231 e. The van der Waals surface area contributed by atoms with Crippen molar-refractivity contribution in [2.45, 2.75) is 13.3 Å². The molecule has 0 atom stereocenters. The van der Waals surface area contributed by atoms with Gasteiger partial charge in [0, 0.05) is 6.07 Å². The number of hydrogen-bond donors (Lipinski definition) is 0. The van der Waals surface area contributed by atoms with Crippen LogP contribution in [0.2, 0.25) is 0 Å². The predicted molar refractivity (Wildman–Crippen MR) is 87.7 cm³/mol. The second-order valence-electron chi connectivity index (χ2n) is 5.56. The van der Waals surface area contributed by atoms with Crippen molar-refractivity contribution in [3.63, 3.8) is 0 Å². The minimum absolute atomic E-state index is 0.135. The molecule has 0 aromatic heterocycles. The van der Waals surface area contributed by atoms with E-state index in [1.165, 1.54) is 0 Å². The summed E-state index contributed by atoms with van der Waals surface area (Å²) in [6.07, 6.45) is 2.63. The first-order valence-corrected chi connectivity index (χ1v) is 7.85. The Balaban J connectivity index is 1.60. The van der Waals surface area contributed by atoms with E-state index in [2.05, 4.69) is 0 Å². The number of carbonyl (C=O) groups is 1. The number of ether oxygens (including phenoxy) is 4. The van der Waals surface area contributed by atoms with E-state index in [0.29, 0.717) is 35.2 Å². The number of carbonyl (C=O) groups excluding carboxylic acids is 1. The Labute approximate surface area is 139 Å². The largest absolute Gasteiger partial charge is 0.493 e. The van der Waals surface area contributed by atoms with E-state index in [1.807, 2.05) is 25.1 Å². The summed E-state index contributed by atoms with van der Waals surface area (Å²) in [4.78, 5) is 12.5. The van der Waals surface area contributed by atoms with Crippen molar-refractivity contribution in [2.24, 2.45) is 0 Å². The molecule has 0 unspecified atom stereocenters. The molecule has 4 rings (SSSR count). The van der Waals surface area contributed by atoms with Crippen LogP contribution >= 0.6 is 0 Å². The highest BCUT2D eigenvalue weighted by atomic mass is 16.7. The third-order valence-corrected chi connectivity index (χ3v) is 3.81. The smallest absolute Gasteiger partial charge is 0.231 e. The number of allylic oxidation sites excluding steroid dienone is 1. The highest BCUT2D eigenvalue weighted by Crippen LogP contribution is 2.36. The van der Waals surface area contributed by atoms with Crippen molar-refractivity contribution >= 4 is 11.9 Å². The first kappa shape index (κ1) is 14.6. The Kier molecular flexibility index (Phi) is 3.61. The van der Waals surface area contributed by atoms with E-state index in [9.17, 15) is 4.79 Å². The summed E-state index contributed by atoms with van der Waals surface area (Å²) in [6, 6.07) is 10.8. The number of benzene rings is 2. The molecule has 2 aromatic carbocycles. The summed E-state index contributed by atoms with van der Waals surface area (Å²) in [5, 5.41) is 0. The average Bonchev–Trinajstić information content (AvgIpc) is 3.17. The molecule has 0 fully saturated rings. The predicted octanol–water partition coefficient (Wildman–Crippen LogP) is 3.82. The zero-order valence-electron chi connectivity index (χ0n) is 13.2. The quantitative estimate of drug-likeness (QED) is 0.800. The fourth-order valence-electron chi connectivity index (χ4n) is 2.63. The third-order valence-electron chi connectivity index (χ3n) is 3.81. The molecule has 2 heterocycles. The summed E-state index contributed by atoms with van der Waals surface area (Å²) in [7, 11) is 0. The van der Waals surface area contributed by atoms with Crippen LogP contribution in [0.25, 0.3) is 6.08 Å². The SMILES string of the molecule is CCCOc1ccc2c(c1)O/C(=C/c1ccc3c(c1)OCO3)C2=O. The lowest BCUT2D eigenvalue weighted by Gasteiger charge is -2.05. The minimum atomic E-state index is -0.135. The van der Waals surface area contributed by atoms with Crippen LogP contribution in [-0.2, 0) is 0 Å². The molecule has 5 heteroatoms. The molecule has 0 saturated carbocycles.